The molecule has 2 aromatic heterocycles. The van der Waals surface area contributed by atoms with Crippen LogP contribution < -0.4 is 0 Å². The lowest BCUT2D eigenvalue weighted by atomic mass is 9.76. The lowest BCUT2D eigenvalue weighted by Gasteiger charge is -2.29. The highest BCUT2D eigenvalue weighted by atomic mass is 15.0. The van der Waals surface area contributed by atoms with Crippen LogP contribution in [-0.2, 0) is 5.41 Å². The first kappa shape index (κ1) is 15.9. The molecular formula is C17H28N4. The SMILES string of the molecule is CCCCCCC(C)(CCCC)c1ncnc2nc[nH]c12. The van der Waals surface area contributed by atoms with Gasteiger partial charge in [-0.15, -0.1) is 0 Å². The fourth-order valence-corrected chi connectivity index (χ4v) is 3.09. The van der Waals surface area contributed by atoms with Crippen LogP contribution in [0.2, 0.25) is 0 Å². The number of hydrogen-bond acceptors (Lipinski definition) is 3. The van der Waals surface area contributed by atoms with Crippen LogP contribution in [-0.4, -0.2) is 19.9 Å². The lowest BCUT2D eigenvalue weighted by molar-refractivity contribution is 0.362. The van der Waals surface area contributed by atoms with E-state index in [1.807, 2.05) is 0 Å². The van der Waals surface area contributed by atoms with Crippen molar-refractivity contribution in [2.45, 2.75) is 77.6 Å². The van der Waals surface area contributed by atoms with Gasteiger partial charge in [0.2, 0.25) is 0 Å². The van der Waals surface area contributed by atoms with E-state index in [9.17, 15) is 0 Å². The summed E-state index contributed by atoms with van der Waals surface area (Å²) in [5.74, 6) is 0. The first-order valence-electron chi connectivity index (χ1n) is 8.36. The fourth-order valence-electron chi connectivity index (χ4n) is 3.09. The zero-order valence-electron chi connectivity index (χ0n) is 13.7. The van der Waals surface area contributed by atoms with Crippen molar-refractivity contribution >= 4 is 11.2 Å². The van der Waals surface area contributed by atoms with Gasteiger partial charge in [0.15, 0.2) is 5.65 Å². The number of aromatic nitrogens is 4. The van der Waals surface area contributed by atoms with E-state index in [2.05, 4.69) is 40.7 Å². The maximum atomic E-state index is 4.62. The van der Waals surface area contributed by atoms with Gasteiger partial charge in [-0.05, 0) is 12.8 Å². The van der Waals surface area contributed by atoms with Gasteiger partial charge < -0.3 is 4.98 Å². The molecule has 4 heteroatoms. The van der Waals surface area contributed by atoms with Gasteiger partial charge in [0, 0.05) is 5.41 Å². The molecule has 0 saturated carbocycles. The molecule has 2 heterocycles. The number of H-pyrrole nitrogens is 1. The van der Waals surface area contributed by atoms with Crippen LogP contribution in [0.3, 0.4) is 0 Å². The minimum absolute atomic E-state index is 0.122. The maximum absolute atomic E-state index is 4.62. The number of nitrogens with zero attached hydrogens (tertiary/aromatic N) is 3. The molecular weight excluding hydrogens is 260 g/mol. The average Bonchev–Trinajstić information content (AvgIpc) is 2.98. The third kappa shape index (κ3) is 3.80. The average molecular weight is 288 g/mol. The van der Waals surface area contributed by atoms with Gasteiger partial charge in [0.05, 0.1) is 12.0 Å². The summed E-state index contributed by atoms with van der Waals surface area (Å²) in [6.45, 7) is 6.87. The lowest BCUT2D eigenvalue weighted by Crippen LogP contribution is -2.24. The zero-order chi connectivity index (χ0) is 15.1. The molecule has 0 saturated heterocycles. The van der Waals surface area contributed by atoms with Crippen molar-refractivity contribution in [1.82, 2.24) is 19.9 Å². The number of hydrogen-bond donors (Lipinski definition) is 1. The van der Waals surface area contributed by atoms with Crippen LogP contribution in [0.4, 0.5) is 0 Å². The molecule has 4 nitrogen and oxygen atoms in total. The predicted molar refractivity (Wildman–Crippen MR) is 87.3 cm³/mol. The summed E-state index contributed by atoms with van der Waals surface area (Å²) in [6.07, 6.45) is 13.4. The first-order chi connectivity index (χ1) is 10.2. The summed E-state index contributed by atoms with van der Waals surface area (Å²) in [4.78, 5) is 16.4. The highest BCUT2D eigenvalue weighted by molar-refractivity contribution is 5.73. The van der Waals surface area contributed by atoms with Gasteiger partial charge in [0.25, 0.3) is 0 Å². The first-order valence-corrected chi connectivity index (χ1v) is 8.36. The highest BCUT2D eigenvalue weighted by Crippen LogP contribution is 2.36. The zero-order valence-corrected chi connectivity index (χ0v) is 13.7. The Bertz CT molecular complexity index is 548. The Morgan fingerprint density at radius 2 is 1.71 bits per heavy atom. The second kappa shape index (κ2) is 7.53. The molecule has 2 aromatic rings. The van der Waals surface area contributed by atoms with E-state index in [1.165, 1.54) is 51.4 Å². The molecule has 0 fully saturated rings. The van der Waals surface area contributed by atoms with Crippen LogP contribution in [0.15, 0.2) is 12.7 Å². The molecule has 0 bridgehead atoms. The molecule has 0 aliphatic rings. The van der Waals surface area contributed by atoms with Crippen LogP contribution in [0.25, 0.3) is 11.2 Å². The molecule has 2 rings (SSSR count). The molecule has 1 atom stereocenters. The molecule has 0 aliphatic heterocycles. The third-order valence-electron chi connectivity index (χ3n) is 4.46. The quantitative estimate of drug-likeness (QED) is 0.676. The number of unbranched alkanes of at least 4 members (excludes halogenated alkanes) is 4. The second-order valence-corrected chi connectivity index (χ2v) is 6.30. The van der Waals surface area contributed by atoms with E-state index in [1.54, 1.807) is 12.7 Å². The molecule has 0 aromatic carbocycles. The smallest absolute Gasteiger partial charge is 0.180 e. The van der Waals surface area contributed by atoms with Crippen molar-refractivity contribution in [3.05, 3.63) is 18.3 Å². The molecule has 116 valence electrons. The minimum Gasteiger partial charge on any atom is -0.342 e. The Morgan fingerprint density at radius 1 is 0.952 bits per heavy atom. The van der Waals surface area contributed by atoms with Crippen molar-refractivity contribution in [1.29, 1.82) is 0 Å². The van der Waals surface area contributed by atoms with Crippen LogP contribution in [0.5, 0.6) is 0 Å². The number of aromatic amines is 1. The minimum atomic E-state index is 0.122. The summed E-state index contributed by atoms with van der Waals surface area (Å²) >= 11 is 0. The van der Waals surface area contributed by atoms with E-state index in [4.69, 9.17) is 0 Å². The Morgan fingerprint density at radius 3 is 2.48 bits per heavy atom. The van der Waals surface area contributed by atoms with Crippen molar-refractivity contribution in [2.75, 3.05) is 0 Å². The number of rotatable bonds is 9. The van der Waals surface area contributed by atoms with Crippen LogP contribution >= 0.6 is 0 Å². The number of fused-ring (bicyclic) bond motifs is 1. The van der Waals surface area contributed by atoms with E-state index < -0.39 is 0 Å². The van der Waals surface area contributed by atoms with Gasteiger partial charge in [0.1, 0.15) is 11.8 Å². The number of imidazole rings is 1. The Hall–Kier alpha value is -1.45. The molecule has 1 unspecified atom stereocenters. The third-order valence-corrected chi connectivity index (χ3v) is 4.46. The maximum Gasteiger partial charge on any atom is 0.180 e. The largest absolute Gasteiger partial charge is 0.342 e. The number of nitrogens with one attached hydrogen (secondary N) is 1. The van der Waals surface area contributed by atoms with Gasteiger partial charge in [-0.25, -0.2) is 15.0 Å². The van der Waals surface area contributed by atoms with Crippen molar-refractivity contribution < 1.29 is 0 Å². The molecule has 1 N–H and O–H groups in total. The highest BCUT2D eigenvalue weighted by Gasteiger charge is 2.29. The topological polar surface area (TPSA) is 54.5 Å². The fraction of sp³-hybridized carbons (Fsp3) is 0.706. The summed E-state index contributed by atoms with van der Waals surface area (Å²) in [5, 5.41) is 0. The predicted octanol–water partition coefficient (Wildman–Crippen LogP) is 4.77. The Balaban J connectivity index is 2.23. The normalized spacial score (nSPS) is 14.4. The standard InChI is InChI=1S/C17H28N4/c1-4-6-8-9-11-17(3,10-7-5-2)15-14-16(20-12-18-14)21-13-19-15/h12-13H,4-11H2,1-3H3,(H,18,19,20,21). The van der Waals surface area contributed by atoms with Gasteiger partial charge in [-0.2, -0.15) is 0 Å². The Kier molecular flexibility index (Phi) is 5.71. The summed E-state index contributed by atoms with van der Waals surface area (Å²) < 4.78 is 0. The Labute approximate surface area is 127 Å². The molecule has 21 heavy (non-hydrogen) atoms. The van der Waals surface area contributed by atoms with Crippen LogP contribution in [0.1, 0.15) is 77.8 Å². The van der Waals surface area contributed by atoms with Gasteiger partial charge in [-0.1, -0.05) is 59.3 Å². The molecule has 0 radical (unpaired) electrons. The van der Waals surface area contributed by atoms with Crippen molar-refractivity contribution in [3.8, 4) is 0 Å². The second-order valence-electron chi connectivity index (χ2n) is 6.30. The molecule has 0 spiro atoms. The van der Waals surface area contributed by atoms with Gasteiger partial charge in [-0.3, -0.25) is 0 Å². The summed E-state index contributed by atoms with van der Waals surface area (Å²) in [7, 11) is 0. The summed E-state index contributed by atoms with van der Waals surface area (Å²) in [5.41, 5.74) is 3.08. The van der Waals surface area contributed by atoms with Gasteiger partial charge >= 0.3 is 0 Å². The van der Waals surface area contributed by atoms with Crippen LogP contribution in [0, 0.1) is 0 Å². The van der Waals surface area contributed by atoms with Crippen molar-refractivity contribution in [2.24, 2.45) is 0 Å². The van der Waals surface area contributed by atoms with Crippen molar-refractivity contribution in [3.63, 3.8) is 0 Å². The molecule has 0 amide bonds. The van der Waals surface area contributed by atoms with E-state index in [0.717, 1.165) is 16.9 Å². The summed E-state index contributed by atoms with van der Waals surface area (Å²) in [6, 6.07) is 0. The monoisotopic (exact) mass is 288 g/mol. The molecule has 0 aliphatic carbocycles. The van der Waals surface area contributed by atoms with E-state index >= 15 is 0 Å². The van der Waals surface area contributed by atoms with E-state index in [-0.39, 0.29) is 5.41 Å². The van der Waals surface area contributed by atoms with E-state index in [0.29, 0.717) is 0 Å².